The number of Topliss-reactive ketones (excluding diaryl/α,β-unsaturated/α-hetero) is 1. The zero-order chi connectivity index (χ0) is 17.7. The van der Waals surface area contributed by atoms with Gasteiger partial charge in [-0.1, -0.05) is 0 Å². The van der Waals surface area contributed by atoms with Crippen LogP contribution < -0.4 is 10.1 Å². The van der Waals surface area contributed by atoms with Gasteiger partial charge < -0.3 is 20.3 Å². The fourth-order valence-corrected chi connectivity index (χ4v) is 1.47. The highest BCUT2D eigenvalue weighted by molar-refractivity contribution is 6.27. The van der Waals surface area contributed by atoms with E-state index in [-0.39, 0.29) is 5.78 Å². The number of nitrogens with one attached hydrogen (secondary N) is 1. The fraction of sp³-hybridized carbons (Fsp3) is 0.400. The Morgan fingerprint density at radius 3 is 2.13 bits per heavy atom. The van der Waals surface area contributed by atoms with Crippen LogP contribution in [0.25, 0.3) is 0 Å². The number of hydrogen-bond donors (Lipinski definition) is 3. The number of ketones is 1. The second-order valence-electron chi connectivity index (χ2n) is 4.30. The largest absolute Gasteiger partial charge is 0.494 e. The number of hydrogen-bond acceptors (Lipinski definition) is 5. The van der Waals surface area contributed by atoms with Crippen molar-refractivity contribution in [1.29, 1.82) is 0 Å². The second kappa shape index (κ2) is 12.4. The van der Waals surface area contributed by atoms with Crippen LogP contribution in [0, 0.1) is 0 Å². The molecule has 1 rings (SSSR count). The molecular formula is C15H20ClNO6. The number of carboxylic acids is 2. The van der Waals surface area contributed by atoms with E-state index in [4.69, 9.17) is 36.1 Å². The summed E-state index contributed by atoms with van der Waals surface area (Å²) in [4.78, 5) is 29.9. The molecule has 0 amide bonds. The maximum atomic E-state index is 11.7. The minimum atomic E-state index is -1.82. The molecule has 0 saturated carbocycles. The quantitative estimate of drug-likeness (QED) is 0.284. The minimum Gasteiger partial charge on any atom is -0.494 e. The lowest BCUT2D eigenvalue weighted by atomic mass is 10.1. The Morgan fingerprint density at radius 2 is 1.70 bits per heavy atom. The van der Waals surface area contributed by atoms with Crippen molar-refractivity contribution in [3.05, 3.63) is 29.8 Å². The lowest BCUT2D eigenvalue weighted by Gasteiger charge is -2.06. The first kappa shape index (κ1) is 20.9. The molecule has 23 heavy (non-hydrogen) atoms. The molecule has 0 aromatic heterocycles. The van der Waals surface area contributed by atoms with E-state index in [1.165, 1.54) is 0 Å². The minimum absolute atomic E-state index is 0.145. The SMILES string of the molecule is CNCCC(=O)c1ccc(OCCCCl)cc1.O=C(O)C(=O)O. The van der Waals surface area contributed by atoms with Gasteiger partial charge >= 0.3 is 11.9 Å². The lowest BCUT2D eigenvalue weighted by molar-refractivity contribution is -0.159. The van der Waals surface area contributed by atoms with Crippen molar-refractivity contribution in [1.82, 2.24) is 5.32 Å². The molecule has 0 fully saturated rings. The standard InChI is InChI=1S/C13H18ClNO2.C2H2O4/c1-15-9-7-13(16)11-3-5-12(6-4-11)17-10-2-8-14;3-1(4)2(5)6/h3-6,15H,2,7-10H2,1H3;(H,3,4)(H,5,6). The number of halogens is 1. The summed E-state index contributed by atoms with van der Waals surface area (Å²) in [6, 6.07) is 7.24. The zero-order valence-electron chi connectivity index (χ0n) is 12.8. The molecule has 0 aliphatic rings. The molecule has 0 bridgehead atoms. The molecule has 0 unspecified atom stereocenters. The number of carbonyl (C=O) groups excluding carboxylic acids is 1. The van der Waals surface area contributed by atoms with Crippen LogP contribution in [0.2, 0.25) is 0 Å². The van der Waals surface area contributed by atoms with Crippen molar-refractivity contribution >= 4 is 29.3 Å². The van der Waals surface area contributed by atoms with Crippen LogP contribution in [-0.4, -0.2) is 54.0 Å². The van der Waals surface area contributed by atoms with E-state index >= 15 is 0 Å². The maximum absolute atomic E-state index is 11.7. The number of ether oxygens (including phenoxy) is 1. The number of carboxylic acid groups (broad SMARTS) is 2. The third-order valence-corrected chi connectivity index (χ3v) is 2.78. The van der Waals surface area contributed by atoms with Crippen LogP contribution in [0.4, 0.5) is 0 Å². The molecule has 1 aromatic carbocycles. The Hall–Kier alpha value is -2.12. The molecule has 0 aliphatic heterocycles. The van der Waals surface area contributed by atoms with E-state index < -0.39 is 11.9 Å². The molecule has 1 aromatic rings. The smallest absolute Gasteiger partial charge is 0.414 e. The number of aliphatic carboxylic acids is 2. The zero-order valence-corrected chi connectivity index (χ0v) is 13.5. The fourth-order valence-electron chi connectivity index (χ4n) is 1.36. The van der Waals surface area contributed by atoms with Crippen LogP contribution >= 0.6 is 11.6 Å². The van der Waals surface area contributed by atoms with Crippen molar-refractivity contribution in [2.75, 3.05) is 26.1 Å². The Bertz CT molecular complexity index is 491. The molecule has 7 nitrogen and oxygen atoms in total. The van der Waals surface area contributed by atoms with Gasteiger partial charge in [-0.25, -0.2) is 9.59 Å². The van der Waals surface area contributed by atoms with Gasteiger partial charge in [-0.3, -0.25) is 4.79 Å². The normalized spacial score (nSPS) is 9.48. The lowest BCUT2D eigenvalue weighted by Crippen LogP contribution is -2.12. The number of rotatable bonds is 8. The molecule has 0 aliphatic carbocycles. The Kier molecular flexibility index (Phi) is 11.3. The van der Waals surface area contributed by atoms with E-state index in [1.807, 2.05) is 19.2 Å². The van der Waals surface area contributed by atoms with E-state index in [0.29, 0.717) is 25.5 Å². The van der Waals surface area contributed by atoms with Gasteiger partial charge in [0.05, 0.1) is 6.61 Å². The van der Waals surface area contributed by atoms with Gasteiger partial charge in [-0.15, -0.1) is 11.6 Å². The number of benzene rings is 1. The van der Waals surface area contributed by atoms with Crippen LogP contribution in [0.3, 0.4) is 0 Å². The van der Waals surface area contributed by atoms with Crippen molar-refractivity contribution in [2.24, 2.45) is 0 Å². The van der Waals surface area contributed by atoms with Gasteiger partial charge in [0.2, 0.25) is 0 Å². The molecule has 0 saturated heterocycles. The summed E-state index contributed by atoms with van der Waals surface area (Å²) < 4.78 is 5.45. The molecule has 8 heteroatoms. The third kappa shape index (κ3) is 10.3. The molecule has 128 valence electrons. The highest BCUT2D eigenvalue weighted by Gasteiger charge is 2.05. The summed E-state index contributed by atoms with van der Waals surface area (Å²) in [7, 11) is 1.83. The monoisotopic (exact) mass is 345 g/mol. The first-order valence-corrected chi connectivity index (χ1v) is 7.38. The van der Waals surface area contributed by atoms with Crippen LogP contribution in [0.15, 0.2) is 24.3 Å². The predicted octanol–water partition coefficient (Wildman–Crippen LogP) is 1.64. The first-order valence-electron chi connectivity index (χ1n) is 6.85. The summed E-state index contributed by atoms with van der Waals surface area (Å²) in [5.74, 6) is -2.13. The van der Waals surface area contributed by atoms with Crippen molar-refractivity contribution in [3.8, 4) is 5.75 Å². The Labute approximate surface area is 139 Å². The molecule has 0 radical (unpaired) electrons. The summed E-state index contributed by atoms with van der Waals surface area (Å²) in [5, 5.41) is 17.7. The Balaban J connectivity index is 0.000000688. The summed E-state index contributed by atoms with van der Waals surface area (Å²) in [5.41, 5.74) is 0.727. The van der Waals surface area contributed by atoms with Gasteiger partial charge in [0, 0.05) is 24.4 Å². The molecular weight excluding hydrogens is 326 g/mol. The third-order valence-electron chi connectivity index (χ3n) is 2.51. The first-order chi connectivity index (χ1) is 10.9. The summed E-state index contributed by atoms with van der Waals surface area (Å²) in [6.45, 7) is 1.31. The van der Waals surface area contributed by atoms with Crippen molar-refractivity contribution in [3.63, 3.8) is 0 Å². The van der Waals surface area contributed by atoms with E-state index in [0.717, 1.165) is 17.7 Å². The van der Waals surface area contributed by atoms with Crippen LogP contribution in [-0.2, 0) is 9.59 Å². The van der Waals surface area contributed by atoms with Gasteiger partial charge in [0.25, 0.3) is 0 Å². The number of carbonyl (C=O) groups is 3. The van der Waals surface area contributed by atoms with E-state index in [9.17, 15) is 4.79 Å². The topological polar surface area (TPSA) is 113 Å². The molecule has 0 atom stereocenters. The van der Waals surface area contributed by atoms with Crippen molar-refractivity contribution < 1.29 is 29.3 Å². The maximum Gasteiger partial charge on any atom is 0.414 e. The highest BCUT2D eigenvalue weighted by Crippen LogP contribution is 2.13. The molecule has 3 N–H and O–H groups in total. The molecule has 0 heterocycles. The van der Waals surface area contributed by atoms with E-state index in [2.05, 4.69) is 5.32 Å². The van der Waals surface area contributed by atoms with Crippen molar-refractivity contribution in [2.45, 2.75) is 12.8 Å². The molecule has 0 spiro atoms. The summed E-state index contributed by atoms with van der Waals surface area (Å²) in [6.07, 6.45) is 1.34. The Morgan fingerprint density at radius 1 is 1.13 bits per heavy atom. The van der Waals surface area contributed by atoms with E-state index in [1.54, 1.807) is 12.1 Å². The van der Waals surface area contributed by atoms with Gasteiger partial charge in [0.15, 0.2) is 5.78 Å². The average Bonchev–Trinajstić information content (AvgIpc) is 2.54. The van der Waals surface area contributed by atoms with Crippen LogP contribution in [0.5, 0.6) is 5.75 Å². The highest BCUT2D eigenvalue weighted by atomic mass is 35.5. The predicted molar refractivity (Wildman–Crippen MR) is 85.4 cm³/mol. The van der Waals surface area contributed by atoms with Crippen LogP contribution in [0.1, 0.15) is 23.2 Å². The van der Waals surface area contributed by atoms with Gasteiger partial charge in [-0.05, 0) is 37.7 Å². The summed E-state index contributed by atoms with van der Waals surface area (Å²) >= 11 is 5.55. The average molecular weight is 346 g/mol. The van der Waals surface area contributed by atoms with Gasteiger partial charge in [-0.2, -0.15) is 0 Å². The second-order valence-corrected chi connectivity index (χ2v) is 4.68. The van der Waals surface area contributed by atoms with Gasteiger partial charge in [0.1, 0.15) is 5.75 Å². The number of alkyl halides is 1.